The van der Waals surface area contributed by atoms with Crippen LogP contribution in [0.2, 0.25) is 0 Å². The van der Waals surface area contributed by atoms with Gasteiger partial charge in [0.25, 0.3) is 0 Å². The summed E-state index contributed by atoms with van der Waals surface area (Å²) in [6.45, 7) is 3.78. The van der Waals surface area contributed by atoms with Crippen LogP contribution in [0, 0.1) is 5.92 Å². The number of hydrogen-bond acceptors (Lipinski definition) is 2. The first-order chi connectivity index (χ1) is 7.74. The lowest BCUT2D eigenvalue weighted by atomic mass is 9.77. The molecule has 2 atom stereocenters. The minimum absolute atomic E-state index is 0.355. The third-order valence-electron chi connectivity index (χ3n) is 3.52. The molecule has 0 bridgehead atoms. The fraction of sp³-hybridized carbons (Fsp3) is 1.00. The Morgan fingerprint density at radius 2 is 2.06 bits per heavy atom. The molecule has 0 aromatic heterocycles. The molecule has 0 heterocycles. The van der Waals surface area contributed by atoms with Crippen LogP contribution in [0.25, 0.3) is 0 Å². The van der Waals surface area contributed by atoms with E-state index in [4.69, 9.17) is 5.73 Å². The zero-order valence-electron chi connectivity index (χ0n) is 10.7. The molecule has 5 heteroatoms. The van der Waals surface area contributed by atoms with E-state index in [0.29, 0.717) is 19.0 Å². The fourth-order valence-electron chi connectivity index (χ4n) is 2.82. The van der Waals surface area contributed by atoms with Gasteiger partial charge in [-0.15, -0.1) is 0 Å². The second-order valence-corrected chi connectivity index (χ2v) is 5.48. The first-order valence-corrected chi connectivity index (χ1v) is 6.32. The lowest BCUT2D eigenvalue weighted by Gasteiger charge is -2.40. The van der Waals surface area contributed by atoms with E-state index in [0.717, 1.165) is 25.7 Å². The number of rotatable bonds is 4. The molecule has 0 aromatic rings. The van der Waals surface area contributed by atoms with Crippen molar-refractivity contribution in [3.05, 3.63) is 0 Å². The lowest BCUT2D eigenvalue weighted by molar-refractivity contribution is -0.147. The van der Waals surface area contributed by atoms with Crippen LogP contribution in [-0.2, 0) is 0 Å². The molecule has 1 aliphatic rings. The second kappa shape index (κ2) is 5.57. The zero-order valence-corrected chi connectivity index (χ0v) is 10.7. The van der Waals surface area contributed by atoms with Crippen LogP contribution in [-0.4, -0.2) is 36.2 Å². The van der Waals surface area contributed by atoms with Gasteiger partial charge in [-0.1, -0.05) is 26.7 Å². The first-order valence-electron chi connectivity index (χ1n) is 6.32. The van der Waals surface area contributed by atoms with Crippen molar-refractivity contribution < 1.29 is 13.2 Å². The molecule has 2 N–H and O–H groups in total. The van der Waals surface area contributed by atoms with Crippen LogP contribution >= 0.6 is 0 Å². The van der Waals surface area contributed by atoms with E-state index in [1.165, 1.54) is 4.90 Å². The Kier molecular flexibility index (Phi) is 4.84. The number of likely N-dealkylation sites (N-methyl/N-ethyl adjacent to an activating group) is 1. The number of halogens is 3. The lowest BCUT2D eigenvalue weighted by Crippen LogP contribution is -2.54. The number of hydrogen-bond donors (Lipinski definition) is 1. The maximum Gasteiger partial charge on any atom is 0.401 e. The molecule has 2 unspecified atom stereocenters. The van der Waals surface area contributed by atoms with Crippen molar-refractivity contribution in [1.82, 2.24) is 4.90 Å². The molecule has 1 rings (SSSR count). The van der Waals surface area contributed by atoms with Crippen LogP contribution in [0.1, 0.15) is 39.5 Å². The molecule has 2 nitrogen and oxygen atoms in total. The Morgan fingerprint density at radius 3 is 2.53 bits per heavy atom. The van der Waals surface area contributed by atoms with Crippen molar-refractivity contribution in [2.75, 3.05) is 19.6 Å². The molecule has 0 saturated heterocycles. The molecule has 1 fully saturated rings. The van der Waals surface area contributed by atoms with E-state index in [9.17, 15) is 13.2 Å². The number of alkyl halides is 3. The Balaban J connectivity index is 2.54. The maximum atomic E-state index is 12.4. The van der Waals surface area contributed by atoms with Gasteiger partial charge in [-0.3, -0.25) is 4.90 Å². The predicted octanol–water partition coefficient (Wildman–Crippen LogP) is 2.78. The first kappa shape index (κ1) is 14.8. The zero-order chi connectivity index (χ0) is 13.1. The molecule has 1 saturated carbocycles. The van der Waals surface area contributed by atoms with Gasteiger partial charge in [0, 0.05) is 12.1 Å². The Bertz CT molecular complexity index is 242. The fourth-order valence-corrected chi connectivity index (χ4v) is 2.82. The monoisotopic (exact) mass is 252 g/mol. The maximum absolute atomic E-state index is 12.4. The molecule has 0 amide bonds. The predicted molar refractivity (Wildman–Crippen MR) is 62.7 cm³/mol. The van der Waals surface area contributed by atoms with E-state index in [-0.39, 0.29) is 0 Å². The van der Waals surface area contributed by atoms with Crippen molar-refractivity contribution in [2.45, 2.75) is 51.2 Å². The highest BCUT2D eigenvalue weighted by Crippen LogP contribution is 2.31. The van der Waals surface area contributed by atoms with E-state index in [1.54, 1.807) is 6.92 Å². The summed E-state index contributed by atoms with van der Waals surface area (Å²) in [6, 6.07) is 0. The van der Waals surface area contributed by atoms with Crippen molar-refractivity contribution in [2.24, 2.45) is 11.7 Å². The van der Waals surface area contributed by atoms with Crippen molar-refractivity contribution in [1.29, 1.82) is 0 Å². The van der Waals surface area contributed by atoms with Gasteiger partial charge in [0.2, 0.25) is 0 Å². The van der Waals surface area contributed by atoms with E-state index in [2.05, 4.69) is 6.92 Å². The topological polar surface area (TPSA) is 29.3 Å². The molecule has 0 radical (unpaired) electrons. The smallest absolute Gasteiger partial charge is 0.324 e. The van der Waals surface area contributed by atoms with Crippen LogP contribution in [0.5, 0.6) is 0 Å². The van der Waals surface area contributed by atoms with Gasteiger partial charge in [0.1, 0.15) is 0 Å². The van der Waals surface area contributed by atoms with Crippen molar-refractivity contribution >= 4 is 0 Å². The Labute approximate surface area is 101 Å². The van der Waals surface area contributed by atoms with Gasteiger partial charge in [-0.25, -0.2) is 0 Å². The summed E-state index contributed by atoms with van der Waals surface area (Å²) in [5.41, 5.74) is 5.80. The van der Waals surface area contributed by atoms with Crippen molar-refractivity contribution in [3.8, 4) is 0 Å². The van der Waals surface area contributed by atoms with Gasteiger partial charge in [-0.2, -0.15) is 13.2 Å². The third-order valence-corrected chi connectivity index (χ3v) is 3.52. The summed E-state index contributed by atoms with van der Waals surface area (Å²) in [6.07, 6.45) is -0.286. The third kappa shape index (κ3) is 5.25. The van der Waals surface area contributed by atoms with Crippen LogP contribution in [0.15, 0.2) is 0 Å². The molecule has 102 valence electrons. The van der Waals surface area contributed by atoms with Crippen molar-refractivity contribution in [3.63, 3.8) is 0 Å². The summed E-state index contributed by atoms with van der Waals surface area (Å²) < 4.78 is 37.1. The second-order valence-electron chi connectivity index (χ2n) is 5.48. The number of nitrogens with two attached hydrogens (primary N) is 1. The highest BCUT2D eigenvalue weighted by atomic mass is 19.4. The minimum atomic E-state index is -4.13. The van der Waals surface area contributed by atoms with Crippen LogP contribution < -0.4 is 5.73 Å². The van der Waals surface area contributed by atoms with E-state index in [1.807, 2.05) is 0 Å². The Morgan fingerprint density at radius 1 is 1.41 bits per heavy atom. The molecular formula is C12H23F3N2. The van der Waals surface area contributed by atoms with E-state index < -0.39 is 18.3 Å². The molecule has 0 spiro atoms. The summed E-state index contributed by atoms with van der Waals surface area (Å²) >= 11 is 0. The average Bonchev–Trinajstić information content (AvgIpc) is 2.13. The molecule has 1 aliphatic carbocycles. The van der Waals surface area contributed by atoms with Gasteiger partial charge in [0.05, 0.1) is 6.54 Å². The van der Waals surface area contributed by atoms with E-state index >= 15 is 0 Å². The number of nitrogens with zero attached hydrogens (tertiary/aromatic N) is 1. The van der Waals surface area contributed by atoms with Gasteiger partial charge >= 0.3 is 6.18 Å². The minimum Gasteiger partial charge on any atom is -0.324 e. The highest BCUT2D eigenvalue weighted by molar-refractivity contribution is 4.92. The summed E-state index contributed by atoms with van der Waals surface area (Å²) in [7, 11) is 0. The SMILES string of the molecule is CCN(CC(F)(F)F)CC1(N)CCCC(C)C1. The normalized spacial score (nSPS) is 30.9. The van der Waals surface area contributed by atoms with Crippen LogP contribution in [0.4, 0.5) is 13.2 Å². The average molecular weight is 252 g/mol. The molecule has 0 aromatic carbocycles. The highest BCUT2D eigenvalue weighted by Gasteiger charge is 2.36. The quantitative estimate of drug-likeness (QED) is 0.833. The molecule has 17 heavy (non-hydrogen) atoms. The largest absolute Gasteiger partial charge is 0.401 e. The standard InChI is InChI=1S/C12H23F3N2/c1-3-17(9-12(13,14)15)8-11(16)6-4-5-10(2)7-11/h10H,3-9,16H2,1-2H3. The van der Waals surface area contributed by atoms with Gasteiger partial charge in [-0.05, 0) is 25.3 Å². The molecule has 0 aliphatic heterocycles. The van der Waals surface area contributed by atoms with Gasteiger partial charge in [0.15, 0.2) is 0 Å². The Hall–Kier alpha value is -0.290. The summed E-state index contributed by atoms with van der Waals surface area (Å²) in [4.78, 5) is 1.41. The van der Waals surface area contributed by atoms with Crippen LogP contribution in [0.3, 0.4) is 0 Å². The molecular weight excluding hydrogens is 229 g/mol. The van der Waals surface area contributed by atoms with Gasteiger partial charge < -0.3 is 5.73 Å². The summed E-state index contributed by atoms with van der Waals surface area (Å²) in [5, 5.41) is 0. The summed E-state index contributed by atoms with van der Waals surface area (Å²) in [5.74, 6) is 0.526.